The van der Waals surface area contributed by atoms with Crippen LogP contribution in [-0.4, -0.2) is 6.54 Å². The molecule has 0 radical (unpaired) electrons. The molecule has 0 spiro atoms. The van der Waals surface area contributed by atoms with E-state index in [4.69, 9.17) is 0 Å². The van der Waals surface area contributed by atoms with Gasteiger partial charge in [0.25, 0.3) is 0 Å². The molecule has 0 fully saturated rings. The molecular formula is C27H29N. The Hall–Kier alpha value is -2.80. The molecule has 0 bridgehead atoms. The molecule has 0 atom stereocenters. The summed E-state index contributed by atoms with van der Waals surface area (Å²) in [5.41, 5.74) is 2.73. The number of rotatable bonds is 9. The lowest BCUT2D eigenvalue weighted by Crippen LogP contribution is -2.00. The number of benzene rings is 4. The van der Waals surface area contributed by atoms with Crippen LogP contribution < -0.4 is 5.32 Å². The second-order valence-electron chi connectivity index (χ2n) is 7.61. The number of fused-ring (bicyclic) bond motifs is 3. The first-order valence-corrected chi connectivity index (χ1v) is 10.6. The van der Waals surface area contributed by atoms with Gasteiger partial charge in [0, 0.05) is 12.2 Å². The van der Waals surface area contributed by atoms with Gasteiger partial charge in [-0.15, -0.1) is 0 Å². The Labute approximate surface area is 168 Å². The van der Waals surface area contributed by atoms with Crippen LogP contribution in [0.15, 0.2) is 84.9 Å². The third-order valence-corrected chi connectivity index (χ3v) is 5.58. The molecule has 4 rings (SSSR count). The molecule has 28 heavy (non-hydrogen) atoms. The van der Waals surface area contributed by atoms with Crippen molar-refractivity contribution in [3.05, 3.63) is 90.5 Å². The molecule has 0 saturated heterocycles. The molecular weight excluding hydrogens is 338 g/mol. The summed E-state index contributed by atoms with van der Waals surface area (Å²) in [5, 5.41) is 9.05. The Balaban J connectivity index is 1.26. The van der Waals surface area contributed by atoms with Crippen molar-refractivity contribution in [2.75, 3.05) is 11.9 Å². The molecule has 1 heteroatoms. The monoisotopic (exact) mass is 367 g/mol. The Morgan fingerprint density at radius 1 is 0.536 bits per heavy atom. The SMILES string of the molecule is c1ccc(NCCCCCCCc2cc3ccccc3c3ccccc23)cc1. The highest BCUT2D eigenvalue weighted by Crippen LogP contribution is 2.29. The van der Waals surface area contributed by atoms with Gasteiger partial charge in [0.2, 0.25) is 0 Å². The third kappa shape index (κ3) is 4.54. The Bertz CT molecular complexity index is 1020. The van der Waals surface area contributed by atoms with E-state index in [1.807, 2.05) is 0 Å². The summed E-state index contributed by atoms with van der Waals surface area (Å²) in [5.74, 6) is 0. The second-order valence-corrected chi connectivity index (χ2v) is 7.61. The minimum absolute atomic E-state index is 1.07. The molecule has 0 aromatic heterocycles. The lowest BCUT2D eigenvalue weighted by molar-refractivity contribution is 0.625. The highest BCUT2D eigenvalue weighted by Gasteiger charge is 2.06. The van der Waals surface area contributed by atoms with Gasteiger partial charge in [0.15, 0.2) is 0 Å². The van der Waals surface area contributed by atoms with E-state index >= 15 is 0 Å². The molecule has 1 nitrogen and oxygen atoms in total. The number of hydrogen-bond acceptors (Lipinski definition) is 1. The summed E-state index contributed by atoms with van der Waals surface area (Å²) in [6.07, 6.45) is 7.63. The van der Waals surface area contributed by atoms with E-state index < -0.39 is 0 Å². The number of hydrogen-bond donors (Lipinski definition) is 1. The van der Waals surface area contributed by atoms with Crippen LogP contribution in [0.3, 0.4) is 0 Å². The van der Waals surface area contributed by atoms with E-state index in [-0.39, 0.29) is 0 Å². The zero-order valence-electron chi connectivity index (χ0n) is 16.5. The predicted molar refractivity (Wildman–Crippen MR) is 123 cm³/mol. The molecule has 142 valence electrons. The van der Waals surface area contributed by atoms with Gasteiger partial charge in [-0.1, -0.05) is 92.1 Å². The van der Waals surface area contributed by atoms with Crippen molar-refractivity contribution in [1.82, 2.24) is 0 Å². The summed E-state index contributed by atoms with van der Waals surface area (Å²) in [6.45, 7) is 1.07. The summed E-state index contributed by atoms with van der Waals surface area (Å²) >= 11 is 0. The molecule has 1 N–H and O–H groups in total. The largest absolute Gasteiger partial charge is 0.385 e. The minimum Gasteiger partial charge on any atom is -0.385 e. The first-order valence-electron chi connectivity index (χ1n) is 10.6. The quantitative estimate of drug-likeness (QED) is 0.237. The maximum Gasteiger partial charge on any atom is 0.0340 e. The lowest BCUT2D eigenvalue weighted by atomic mass is 9.94. The van der Waals surface area contributed by atoms with Gasteiger partial charge in [-0.2, -0.15) is 0 Å². The predicted octanol–water partition coefficient (Wildman–Crippen LogP) is 7.60. The fraction of sp³-hybridized carbons (Fsp3) is 0.259. The van der Waals surface area contributed by atoms with E-state index in [1.54, 1.807) is 0 Å². The van der Waals surface area contributed by atoms with Gasteiger partial charge in [-0.25, -0.2) is 0 Å². The summed E-state index contributed by atoms with van der Waals surface area (Å²) in [4.78, 5) is 0. The van der Waals surface area contributed by atoms with E-state index in [0.717, 1.165) is 6.54 Å². The molecule has 0 heterocycles. The van der Waals surface area contributed by atoms with Crippen molar-refractivity contribution in [3.8, 4) is 0 Å². The Kier molecular flexibility index (Phi) is 6.24. The number of para-hydroxylation sites is 1. The maximum atomic E-state index is 3.50. The van der Waals surface area contributed by atoms with Crippen molar-refractivity contribution >= 4 is 27.2 Å². The van der Waals surface area contributed by atoms with Crippen LogP contribution in [0.1, 0.15) is 37.7 Å². The molecule has 4 aromatic rings. The van der Waals surface area contributed by atoms with E-state index in [9.17, 15) is 0 Å². The fourth-order valence-corrected chi connectivity index (χ4v) is 4.10. The number of aryl methyl sites for hydroxylation is 1. The highest BCUT2D eigenvalue weighted by molar-refractivity contribution is 6.08. The summed E-state index contributed by atoms with van der Waals surface area (Å²) in [7, 11) is 0. The zero-order chi connectivity index (χ0) is 19.0. The van der Waals surface area contributed by atoms with Gasteiger partial charge in [-0.3, -0.25) is 0 Å². The number of anilines is 1. The molecule has 0 amide bonds. The van der Waals surface area contributed by atoms with Crippen LogP contribution in [-0.2, 0) is 6.42 Å². The summed E-state index contributed by atoms with van der Waals surface area (Å²) < 4.78 is 0. The second kappa shape index (κ2) is 9.41. The normalized spacial score (nSPS) is 11.1. The van der Waals surface area contributed by atoms with Gasteiger partial charge in [0.05, 0.1) is 0 Å². The van der Waals surface area contributed by atoms with Crippen LogP contribution in [0, 0.1) is 0 Å². The Morgan fingerprint density at radius 2 is 1.18 bits per heavy atom. The van der Waals surface area contributed by atoms with Gasteiger partial charge in [0.1, 0.15) is 0 Å². The Morgan fingerprint density at radius 3 is 2.04 bits per heavy atom. The molecule has 0 aliphatic rings. The minimum atomic E-state index is 1.07. The first-order chi connectivity index (χ1) is 13.9. The highest BCUT2D eigenvalue weighted by atomic mass is 14.9. The van der Waals surface area contributed by atoms with Crippen LogP contribution in [0.2, 0.25) is 0 Å². The van der Waals surface area contributed by atoms with Crippen molar-refractivity contribution in [3.63, 3.8) is 0 Å². The van der Waals surface area contributed by atoms with Crippen LogP contribution in [0.25, 0.3) is 21.5 Å². The van der Waals surface area contributed by atoms with Gasteiger partial charge >= 0.3 is 0 Å². The molecule has 0 saturated carbocycles. The summed E-state index contributed by atoms with van der Waals surface area (Å²) in [6, 6.07) is 30.5. The smallest absolute Gasteiger partial charge is 0.0340 e. The molecule has 0 aliphatic heterocycles. The maximum absolute atomic E-state index is 3.50. The zero-order valence-corrected chi connectivity index (χ0v) is 16.5. The number of unbranched alkanes of at least 4 members (excludes halogenated alkanes) is 4. The van der Waals surface area contributed by atoms with Crippen molar-refractivity contribution in [1.29, 1.82) is 0 Å². The average molecular weight is 368 g/mol. The van der Waals surface area contributed by atoms with Crippen LogP contribution >= 0.6 is 0 Å². The topological polar surface area (TPSA) is 12.0 Å². The number of nitrogens with one attached hydrogen (secondary N) is 1. The van der Waals surface area contributed by atoms with Crippen molar-refractivity contribution in [2.24, 2.45) is 0 Å². The van der Waals surface area contributed by atoms with Gasteiger partial charge in [-0.05, 0) is 58.5 Å². The van der Waals surface area contributed by atoms with Gasteiger partial charge < -0.3 is 5.32 Å². The molecule has 0 aliphatic carbocycles. The third-order valence-electron chi connectivity index (χ3n) is 5.58. The molecule has 0 unspecified atom stereocenters. The first kappa shape index (κ1) is 18.6. The van der Waals surface area contributed by atoms with E-state index in [1.165, 1.54) is 71.3 Å². The van der Waals surface area contributed by atoms with Crippen molar-refractivity contribution < 1.29 is 0 Å². The van der Waals surface area contributed by atoms with E-state index in [0.29, 0.717) is 0 Å². The van der Waals surface area contributed by atoms with E-state index in [2.05, 4.69) is 90.2 Å². The molecule has 4 aromatic carbocycles. The van der Waals surface area contributed by atoms with Crippen LogP contribution in [0.4, 0.5) is 5.69 Å². The average Bonchev–Trinajstić information content (AvgIpc) is 2.76. The van der Waals surface area contributed by atoms with Crippen molar-refractivity contribution in [2.45, 2.75) is 38.5 Å². The fourth-order valence-electron chi connectivity index (χ4n) is 4.10. The van der Waals surface area contributed by atoms with Crippen LogP contribution in [0.5, 0.6) is 0 Å². The standard InChI is InChI=1S/C27H29N/c1(3-12-20-28-24-15-6-4-7-16-24)2-5-13-22-21-23-14-8-9-17-25(23)27-19-11-10-18-26(22)27/h4,6-11,14-19,21,28H,1-3,5,12-13,20H2. The lowest BCUT2D eigenvalue weighted by Gasteiger charge is -2.11.